The topological polar surface area (TPSA) is 495 Å². The maximum absolute atomic E-state index is 10.9. The molecule has 0 aromatic rings. The van der Waals surface area contributed by atoms with Crippen molar-refractivity contribution in [2.45, 2.75) is 98.2 Å². The lowest BCUT2D eigenvalue weighted by Gasteiger charge is -2.48. The molecule has 0 unspecified atom stereocenters. The van der Waals surface area contributed by atoms with Crippen LogP contribution in [0.15, 0.2) is 0 Å². The van der Waals surface area contributed by atoms with E-state index in [4.69, 9.17) is 76.9 Å². The summed E-state index contributed by atoms with van der Waals surface area (Å²) in [4.78, 5) is 0. The zero-order chi connectivity index (χ0) is 33.6. The minimum atomic E-state index is -4.67. The van der Waals surface area contributed by atoms with Crippen LogP contribution >= 0.6 is 0 Å². The van der Waals surface area contributed by atoms with Gasteiger partial charge in [-0.2, -0.15) is 16.8 Å². The molecular formula is C18H44N4O21S2. The van der Waals surface area contributed by atoms with Gasteiger partial charge in [0.25, 0.3) is 0 Å². The van der Waals surface area contributed by atoms with Crippen LogP contribution in [0.3, 0.4) is 0 Å². The van der Waals surface area contributed by atoms with Gasteiger partial charge in [-0.05, 0) is 6.42 Å². The van der Waals surface area contributed by atoms with Crippen LogP contribution in [0.5, 0.6) is 0 Å². The Labute approximate surface area is 256 Å². The molecule has 1 aliphatic carbocycles. The first-order valence-corrected chi connectivity index (χ1v) is 15.0. The number of hydrogen-bond donors (Lipinski definition) is 15. The Morgan fingerprint density at radius 3 is 1.38 bits per heavy atom. The molecule has 0 radical (unpaired) electrons. The average molecular weight is 717 g/mol. The van der Waals surface area contributed by atoms with Crippen LogP contribution in [0.1, 0.15) is 6.42 Å². The molecule has 2 aliphatic heterocycles. The molecule has 0 aromatic carbocycles. The first-order valence-electron chi connectivity index (χ1n) is 12.2. The van der Waals surface area contributed by atoms with Crippen molar-refractivity contribution in [2.24, 2.45) is 22.9 Å². The van der Waals surface area contributed by atoms with E-state index in [1.165, 1.54) is 0 Å². The largest absolute Gasteiger partial charge is 0.412 e. The Morgan fingerprint density at radius 2 is 1.00 bits per heavy atom. The molecule has 0 bridgehead atoms. The molecule has 3 rings (SSSR count). The molecule has 45 heavy (non-hydrogen) atoms. The lowest BCUT2D eigenvalue weighted by molar-refractivity contribution is -0.332. The highest BCUT2D eigenvalue weighted by molar-refractivity contribution is 7.80. The first-order chi connectivity index (χ1) is 19.5. The van der Waals surface area contributed by atoms with Crippen molar-refractivity contribution in [2.75, 3.05) is 13.2 Å². The van der Waals surface area contributed by atoms with E-state index < -0.39 is 119 Å². The molecule has 0 aromatic heterocycles. The SMILES string of the molecule is NC[C@H]1O[C@H](O[C@H]2[C@H](O)[C@@H](O[C@H]3O[C@H](CO)[C@@H](O)[C@H](N)[C@H]3O)[C@H](N)C[C@@H]2N)[C@H](O)[C@@H](O)[C@@H]1O.O.O.O=S(=O)(O)O.O=S(=O)(O)O. The van der Waals surface area contributed by atoms with E-state index in [0.29, 0.717) is 0 Å². The second-order valence-electron chi connectivity index (χ2n) is 9.69. The number of nitrogens with two attached hydrogens (primary N) is 4. The summed E-state index contributed by atoms with van der Waals surface area (Å²) in [6, 6.07) is -2.86. The zero-order valence-electron chi connectivity index (χ0n) is 23.1. The Balaban J connectivity index is 0. The van der Waals surface area contributed by atoms with Crippen LogP contribution in [0, 0.1) is 0 Å². The van der Waals surface area contributed by atoms with Crippen molar-refractivity contribution in [1.82, 2.24) is 0 Å². The van der Waals surface area contributed by atoms with E-state index in [2.05, 4.69) is 0 Å². The molecule has 27 heteroatoms. The number of hydrogen-bond acceptors (Lipinski definition) is 19. The summed E-state index contributed by atoms with van der Waals surface area (Å²) in [5, 5.41) is 70.9. The Bertz CT molecular complexity index is 960. The second kappa shape index (κ2) is 19.2. The van der Waals surface area contributed by atoms with Gasteiger partial charge in [0.1, 0.15) is 61.0 Å². The van der Waals surface area contributed by atoms with Gasteiger partial charge >= 0.3 is 20.8 Å². The summed E-state index contributed by atoms with van der Waals surface area (Å²) in [5.41, 5.74) is 23.5. The number of aliphatic hydroxyl groups is 7. The summed E-state index contributed by atoms with van der Waals surface area (Å²) < 4.78 is 85.4. The van der Waals surface area contributed by atoms with Gasteiger partial charge < -0.3 is 88.6 Å². The third-order valence-corrected chi connectivity index (χ3v) is 6.48. The Kier molecular flexibility index (Phi) is 19.7. The summed E-state index contributed by atoms with van der Waals surface area (Å²) in [6.07, 6.45) is -16.5. The van der Waals surface area contributed by atoms with E-state index in [-0.39, 0.29) is 23.9 Å². The van der Waals surface area contributed by atoms with Gasteiger partial charge in [0, 0.05) is 18.6 Å². The minimum absolute atomic E-state index is 0. The van der Waals surface area contributed by atoms with Crippen molar-refractivity contribution in [3.05, 3.63) is 0 Å². The van der Waals surface area contributed by atoms with Crippen LogP contribution in [-0.4, -0.2) is 187 Å². The summed E-state index contributed by atoms with van der Waals surface area (Å²) in [6.45, 7) is -0.763. The van der Waals surface area contributed by atoms with E-state index in [1.807, 2.05) is 0 Å². The van der Waals surface area contributed by atoms with Gasteiger partial charge in [0.15, 0.2) is 12.6 Å². The van der Waals surface area contributed by atoms with Crippen LogP contribution in [0.2, 0.25) is 0 Å². The summed E-state index contributed by atoms with van der Waals surface area (Å²) >= 11 is 0. The van der Waals surface area contributed by atoms with Gasteiger partial charge in [-0.1, -0.05) is 0 Å². The first kappa shape index (κ1) is 46.2. The molecule has 274 valence electrons. The lowest BCUT2D eigenvalue weighted by atomic mass is 9.84. The molecule has 23 N–H and O–H groups in total. The number of aliphatic hydroxyl groups excluding tert-OH is 7. The molecule has 0 amide bonds. The molecular weight excluding hydrogens is 672 g/mol. The predicted octanol–water partition coefficient (Wildman–Crippen LogP) is -10.2. The van der Waals surface area contributed by atoms with Gasteiger partial charge in [0.05, 0.1) is 12.6 Å². The minimum Gasteiger partial charge on any atom is -0.412 e. The molecule has 2 saturated heterocycles. The van der Waals surface area contributed by atoms with Crippen molar-refractivity contribution >= 4 is 20.8 Å². The Hall–Kier alpha value is -0.940. The maximum Gasteiger partial charge on any atom is 0.394 e. The quantitative estimate of drug-likeness (QED) is 0.113. The van der Waals surface area contributed by atoms with Gasteiger partial charge in [0.2, 0.25) is 0 Å². The highest BCUT2D eigenvalue weighted by atomic mass is 32.3. The van der Waals surface area contributed by atoms with Crippen molar-refractivity contribution in [3.8, 4) is 0 Å². The monoisotopic (exact) mass is 716 g/mol. The molecule has 25 nitrogen and oxygen atoms in total. The Morgan fingerprint density at radius 1 is 0.622 bits per heavy atom. The molecule has 3 aliphatic rings. The van der Waals surface area contributed by atoms with Crippen molar-refractivity contribution in [3.63, 3.8) is 0 Å². The summed E-state index contributed by atoms with van der Waals surface area (Å²) in [7, 11) is -9.33. The van der Waals surface area contributed by atoms with E-state index in [1.54, 1.807) is 0 Å². The van der Waals surface area contributed by atoms with Crippen molar-refractivity contribution < 1.29 is 101 Å². The average Bonchev–Trinajstić information content (AvgIpc) is 2.86. The fourth-order valence-corrected chi connectivity index (χ4v) is 4.40. The molecule has 2 heterocycles. The second-order valence-corrected chi connectivity index (χ2v) is 11.5. The van der Waals surface area contributed by atoms with Crippen LogP contribution in [-0.2, 0) is 39.7 Å². The fraction of sp³-hybridized carbons (Fsp3) is 1.00. The maximum atomic E-state index is 10.9. The highest BCUT2D eigenvalue weighted by Gasteiger charge is 2.51. The van der Waals surface area contributed by atoms with Gasteiger partial charge in [-0.25, -0.2) is 0 Å². The van der Waals surface area contributed by atoms with E-state index in [9.17, 15) is 35.7 Å². The van der Waals surface area contributed by atoms with Crippen molar-refractivity contribution in [1.29, 1.82) is 0 Å². The number of ether oxygens (including phenoxy) is 4. The highest BCUT2D eigenvalue weighted by Crippen LogP contribution is 2.31. The fourth-order valence-electron chi connectivity index (χ4n) is 4.40. The smallest absolute Gasteiger partial charge is 0.394 e. The van der Waals surface area contributed by atoms with Gasteiger partial charge in [-0.15, -0.1) is 0 Å². The number of rotatable bonds is 6. The third-order valence-electron chi connectivity index (χ3n) is 6.48. The van der Waals surface area contributed by atoms with E-state index >= 15 is 0 Å². The predicted molar refractivity (Wildman–Crippen MR) is 143 cm³/mol. The third kappa shape index (κ3) is 14.4. The molecule has 15 atom stereocenters. The standard InChI is InChI=1S/C18H36N4O11.2H2O4S.2H2O/c19-2-6-10(25)12(27)13(28)18(30-6)33-16-5(21)1-4(20)15(14(16)29)32-17-11(26)8(22)9(24)7(3-23)31-17;2*1-5(2,3)4;;/h4-18,23-29H,1-3,19-22H2;2*(H2,1,2,3,4);2*1H2/t4-,5+,6-,7-,8+,9-,10-,11-,12+,13-,14-,15+,16-,17-,18-;;;;/m1..../s1. The lowest BCUT2D eigenvalue weighted by Crippen LogP contribution is -2.68. The van der Waals surface area contributed by atoms with Crippen LogP contribution < -0.4 is 22.9 Å². The molecule has 1 saturated carbocycles. The molecule has 3 fully saturated rings. The van der Waals surface area contributed by atoms with Gasteiger partial charge in [-0.3, -0.25) is 18.2 Å². The van der Waals surface area contributed by atoms with Crippen LogP contribution in [0.25, 0.3) is 0 Å². The normalized spacial score (nSPS) is 42.0. The van der Waals surface area contributed by atoms with Crippen LogP contribution in [0.4, 0.5) is 0 Å². The zero-order valence-corrected chi connectivity index (χ0v) is 24.7. The van der Waals surface area contributed by atoms with E-state index in [0.717, 1.165) is 0 Å². The summed E-state index contributed by atoms with van der Waals surface area (Å²) in [5.74, 6) is 0. The molecule has 0 spiro atoms.